The lowest BCUT2D eigenvalue weighted by Crippen LogP contribution is -2.08. The molecule has 0 aliphatic heterocycles. The minimum Gasteiger partial charge on any atom is -0.408 e. The van der Waals surface area contributed by atoms with Crippen LogP contribution in [0.15, 0.2) is 45.6 Å². The van der Waals surface area contributed by atoms with E-state index in [1.807, 2.05) is 38.1 Å². The Balaban J connectivity index is 1.77. The molecule has 1 aromatic heterocycles. The molecule has 0 aliphatic rings. The average molecular weight is 295 g/mol. The summed E-state index contributed by atoms with van der Waals surface area (Å²) in [4.78, 5) is 26.0. The second kappa shape index (κ2) is 5.64. The van der Waals surface area contributed by atoms with Crippen LogP contribution in [-0.4, -0.2) is 10.8 Å². The fraction of sp³-hybridized carbons (Fsp3) is 0.222. The van der Waals surface area contributed by atoms with Gasteiger partial charge < -0.3 is 4.42 Å². The molecule has 2 aromatic carbocycles. The van der Waals surface area contributed by atoms with Crippen LogP contribution < -0.4 is 5.76 Å². The van der Waals surface area contributed by atoms with E-state index >= 15 is 0 Å². The van der Waals surface area contributed by atoms with Gasteiger partial charge >= 0.3 is 5.76 Å². The SMILES string of the molecule is Cc1cccc(CC(=O)Cc2ccc3[nH]c(=O)oc3c2)c1C. The topological polar surface area (TPSA) is 63.1 Å². The molecular formula is C18H17NO3. The van der Waals surface area contributed by atoms with Gasteiger partial charge in [0.25, 0.3) is 0 Å². The minimum absolute atomic E-state index is 0.144. The predicted octanol–water partition coefficient (Wildman–Crippen LogP) is 3.09. The Morgan fingerprint density at radius 1 is 1.14 bits per heavy atom. The van der Waals surface area contributed by atoms with Crippen molar-refractivity contribution in [1.29, 1.82) is 0 Å². The van der Waals surface area contributed by atoms with E-state index in [4.69, 9.17) is 4.42 Å². The monoisotopic (exact) mass is 295 g/mol. The smallest absolute Gasteiger partial charge is 0.408 e. The Morgan fingerprint density at radius 3 is 2.77 bits per heavy atom. The molecule has 4 nitrogen and oxygen atoms in total. The van der Waals surface area contributed by atoms with E-state index in [2.05, 4.69) is 4.98 Å². The second-order valence-corrected chi connectivity index (χ2v) is 5.60. The number of oxazole rings is 1. The lowest BCUT2D eigenvalue weighted by molar-refractivity contribution is -0.117. The number of nitrogens with one attached hydrogen (secondary N) is 1. The first-order valence-corrected chi connectivity index (χ1v) is 7.21. The number of fused-ring (bicyclic) bond motifs is 1. The van der Waals surface area contributed by atoms with Crippen LogP contribution in [0.4, 0.5) is 0 Å². The van der Waals surface area contributed by atoms with E-state index in [1.165, 1.54) is 11.1 Å². The summed E-state index contributed by atoms with van der Waals surface area (Å²) in [6, 6.07) is 11.4. The highest BCUT2D eigenvalue weighted by molar-refractivity contribution is 5.84. The summed E-state index contributed by atoms with van der Waals surface area (Å²) in [7, 11) is 0. The first-order chi connectivity index (χ1) is 10.5. The molecule has 3 rings (SSSR count). The molecule has 3 aromatic rings. The van der Waals surface area contributed by atoms with Crippen LogP contribution in [0.5, 0.6) is 0 Å². The van der Waals surface area contributed by atoms with Crippen LogP contribution in [0.25, 0.3) is 11.1 Å². The van der Waals surface area contributed by atoms with E-state index in [1.54, 1.807) is 12.1 Å². The molecule has 1 N–H and O–H groups in total. The van der Waals surface area contributed by atoms with Gasteiger partial charge in [-0.25, -0.2) is 4.79 Å². The number of aromatic nitrogens is 1. The van der Waals surface area contributed by atoms with E-state index in [0.29, 0.717) is 23.9 Å². The zero-order chi connectivity index (χ0) is 15.7. The van der Waals surface area contributed by atoms with Crippen molar-refractivity contribution in [3.8, 4) is 0 Å². The largest absolute Gasteiger partial charge is 0.417 e. The van der Waals surface area contributed by atoms with Crippen molar-refractivity contribution in [3.63, 3.8) is 0 Å². The highest BCUT2D eigenvalue weighted by atomic mass is 16.4. The van der Waals surface area contributed by atoms with Crippen LogP contribution in [0.2, 0.25) is 0 Å². The molecule has 22 heavy (non-hydrogen) atoms. The summed E-state index contributed by atoms with van der Waals surface area (Å²) in [5, 5.41) is 0. The summed E-state index contributed by atoms with van der Waals surface area (Å²) in [5.74, 6) is -0.334. The zero-order valence-corrected chi connectivity index (χ0v) is 12.6. The third kappa shape index (κ3) is 2.86. The van der Waals surface area contributed by atoms with Crippen LogP contribution >= 0.6 is 0 Å². The van der Waals surface area contributed by atoms with Crippen molar-refractivity contribution in [3.05, 3.63) is 69.2 Å². The maximum Gasteiger partial charge on any atom is 0.417 e. The normalized spacial score (nSPS) is 11.0. The number of hydrogen-bond donors (Lipinski definition) is 1. The van der Waals surface area contributed by atoms with Gasteiger partial charge in [0.15, 0.2) is 5.58 Å². The van der Waals surface area contributed by atoms with Gasteiger partial charge in [0.1, 0.15) is 5.78 Å². The Labute approximate surface area is 127 Å². The summed E-state index contributed by atoms with van der Waals surface area (Å²) >= 11 is 0. The van der Waals surface area contributed by atoms with Gasteiger partial charge in [0.2, 0.25) is 0 Å². The number of carbonyl (C=O) groups is 1. The molecule has 0 bridgehead atoms. The fourth-order valence-corrected chi connectivity index (χ4v) is 2.61. The van der Waals surface area contributed by atoms with E-state index < -0.39 is 5.76 Å². The highest BCUT2D eigenvalue weighted by Crippen LogP contribution is 2.16. The number of Topliss-reactive ketones (excluding diaryl/α,β-unsaturated/α-hetero) is 1. The number of benzene rings is 2. The van der Waals surface area contributed by atoms with Crippen LogP contribution in [0.1, 0.15) is 22.3 Å². The van der Waals surface area contributed by atoms with Crippen LogP contribution in [-0.2, 0) is 17.6 Å². The maximum absolute atomic E-state index is 12.3. The van der Waals surface area contributed by atoms with Gasteiger partial charge in [-0.1, -0.05) is 24.3 Å². The molecule has 1 heterocycles. The quantitative estimate of drug-likeness (QED) is 0.804. The number of carbonyl (C=O) groups excluding carboxylic acids is 1. The molecule has 0 fully saturated rings. The van der Waals surface area contributed by atoms with Crippen molar-refractivity contribution < 1.29 is 9.21 Å². The number of hydrogen-bond acceptors (Lipinski definition) is 3. The predicted molar refractivity (Wildman–Crippen MR) is 85.2 cm³/mol. The van der Waals surface area contributed by atoms with Gasteiger partial charge in [-0.05, 0) is 48.2 Å². The van der Waals surface area contributed by atoms with E-state index in [0.717, 1.165) is 11.1 Å². The van der Waals surface area contributed by atoms with Crippen molar-refractivity contribution in [2.24, 2.45) is 0 Å². The summed E-state index contributed by atoms with van der Waals surface area (Å²) < 4.78 is 5.02. The zero-order valence-electron chi connectivity index (χ0n) is 12.6. The van der Waals surface area contributed by atoms with Gasteiger partial charge in [-0.3, -0.25) is 9.78 Å². The molecule has 0 radical (unpaired) electrons. The lowest BCUT2D eigenvalue weighted by Gasteiger charge is -2.08. The Hall–Kier alpha value is -2.62. The summed E-state index contributed by atoms with van der Waals surface area (Å²) in [6.07, 6.45) is 0.751. The molecule has 0 amide bonds. The number of aryl methyl sites for hydroxylation is 1. The van der Waals surface area contributed by atoms with Crippen molar-refractivity contribution in [2.45, 2.75) is 26.7 Å². The second-order valence-electron chi connectivity index (χ2n) is 5.60. The first kappa shape index (κ1) is 14.3. The fourth-order valence-electron chi connectivity index (χ4n) is 2.61. The standard InChI is InChI=1S/C18H17NO3/c1-11-4-3-5-14(12(11)2)10-15(20)8-13-6-7-16-17(9-13)22-18(21)19-16/h3-7,9H,8,10H2,1-2H3,(H,19,21). The molecule has 0 aliphatic carbocycles. The molecular weight excluding hydrogens is 278 g/mol. The third-order valence-corrected chi connectivity index (χ3v) is 3.99. The first-order valence-electron chi connectivity index (χ1n) is 7.21. The van der Waals surface area contributed by atoms with Crippen LogP contribution in [0.3, 0.4) is 0 Å². The molecule has 0 atom stereocenters. The minimum atomic E-state index is -0.478. The molecule has 0 spiro atoms. The van der Waals surface area contributed by atoms with Gasteiger partial charge in [0.05, 0.1) is 5.52 Å². The number of H-pyrrole nitrogens is 1. The van der Waals surface area contributed by atoms with Gasteiger partial charge in [-0.15, -0.1) is 0 Å². The van der Waals surface area contributed by atoms with Crippen molar-refractivity contribution >= 4 is 16.9 Å². The molecule has 112 valence electrons. The molecule has 0 unspecified atom stereocenters. The molecule has 0 saturated heterocycles. The third-order valence-electron chi connectivity index (χ3n) is 3.99. The summed E-state index contributed by atoms with van der Waals surface area (Å²) in [6.45, 7) is 4.09. The maximum atomic E-state index is 12.3. The number of aromatic amines is 1. The van der Waals surface area contributed by atoms with Gasteiger partial charge in [0, 0.05) is 12.8 Å². The Bertz CT molecular complexity index is 902. The number of rotatable bonds is 4. The van der Waals surface area contributed by atoms with Crippen molar-refractivity contribution in [2.75, 3.05) is 0 Å². The van der Waals surface area contributed by atoms with E-state index in [9.17, 15) is 9.59 Å². The molecule has 0 saturated carbocycles. The average Bonchev–Trinajstić information content (AvgIpc) is 2.83. The Morgan fingerprint density at radius 2 is 1.95 bits per heavy atom. The lowest BCUT2D eigenvalue weighted by atomic mass is 9.97. The van der Waals surface area contributed by atoms with Crippen molar-refractivity contribution in [1.82, 2.24) is 4.98 Å². The van der Waals surface area contributed by atoms with Gasteiger partial charge in [-0.2, -0.15) is 0 Å². The number of ketones is 1. The van der Waals surface area contributed by atoms with Crippen LogP contribution in [0, 0.1) is 13.8 Å². The highest BCUT2D eigenvalue weighted by Gasteiger charge is 2.10. The molecule has 4 heteroatoms. The summed E-state index contributed by atoms with van der Waals surface area (Å²) in [5.41, 5.74) is 5.42. The Kier molecular flexibility index (Phi) is 3.67. The van der Waals surface area contributed by atoms with E-state index in [-0.39, 0.29) is 5.78 Å².